The molecule has 0 radical (unpaired) electrons. The first-order valence-corrected chi connectivity index (χ1v) is 11.0. The number of fused-ring (bicyclic) bond motifs is 1. The van der Waals surface area contributed by atoms with E-state index in [0.717, 1.165) is 12.2 Å². The molecule has 29 heavy (non-hydrogen) atoms. The summed E-state index contributed by atoms with van der Waals surface area (Å²) in [5.74, 6) is 1.12. The summed E-state index contributed by atoms with van der Waals surface area (Å²) in [5.41, 5.74) is 7.93. The van der Waals surface area contributed by atoms with E-state index in [-0.39, 0.29) is 23.6 Å². The summed E-state index contributed by atoms with van der Waals surface area (Å²) in [6.07, 6.45) is 2.03. The second-order valence-electron chi connectivity index (χ2n) is 6.93. The van der Waals surface area contributed by atoms with Crippen LogP contribution in [0.1, 0.15) is 11.8 Å². The molecule has 3 heterocycles. The number of hydrogen-bond donors (Lipinski definition) is 3. The first-order chi connectivity index (χ1) is 14.0. The molecule has 154 valence electrons. The number of nitrogens with two attached hydrogens (primary N) is 1. The van der Waals surface area contributed by atoms with Crippen molar-refractivity contribution < 1.29 is 19.1 Å². The number of rotatable bonds is 7. The van der Waals surface area contributed by atoms with E-state index in [2.05, 4.69) is 27.1 Å². The lowest BCUT2D eigenvalue weighted by Crippen LogP contribution is -2.34. The van der Waals surface area contributed by atoms with E-state index < -0.39 is 24.5 Å². The molecule has 1 aliphatic heterocycles. The van der Waals surface area contributed by atoms with Crippen LogP contribution in [-0.2, 0) is 26.5 Å². The molecule has 1 saturated heterocycles. The second kappa shape index (κ2) is 8.64. The predicted molar refractivity (Wildman–Crippen MR) is 110 cm³/mol. The van der Waals surface area contributed by atoms with Crippen LogP contribution in [0, 0.1) is 0 Å². The van der Waals surface area contributed by atoms with Gasteiger partial charge in [-0.1, -0.05) is 30.3 Å². The fourth-order valence-corrected chi connectivity index (χ4v) is 4.31. The minimum atomic E-state index is -1.14. The third kappa shape index (κ3) is 4.21. The molecule has 4 N–H and O–H groups in total. The van der Waals surface area contributed by atoms with Crippen LogP contribution in [-0.4, -0.2) is 66.7 Å². The molecule has 2 aromatic heterocycles. The number of imidazole rings is 1. The molecular formula is C19H24N5O4S+. The van der Waals surface area contributed by atoms with Crippen LogP contribution in [0.15, 0.2) is 43.0 Å². The molecule has 10 heteroatoms. The van der Waals surface area contributed by atoms with Crippen LogP contribution in [0.4, 0.5) is 5.82 Å². The molecule has 5 atom stereocenters. The van der Waals surface area contributed by atoms with Crippen molar-refractivity contribution in [3.8, 4) is 0 Å². The van der Waals surface area contributed by atoms with Crippen molar-refractivity contribution in [1.29, 1.82) is 0 Å². The molecule has 1 fully saturated rings. The number of aliphatic hydroxyl groups excluding tert-OH is 2. The maximum absolute atomic E-state index is 10.5. The van der Waals surface area contributed by atoms with Crippen molar-refractivity contribution >= 4 is 28.2 Å². The number of hydrogen-bond acceptors (Lipinski definition) is 8. The van der Waals surface area contributed by atoms with E-state index in [1.165, 1.54) is 18.2 Å². The van der Waals surface area contributed by atoms with E-state index in [9.17, 15) is 10.2 Å². The van der Waals surface area contributed by atoms with E-state index >= 15 is 0 Å². The number of aliphatic hydroxyl groups is 2. The maximum atomic E-state index is 10.5. The van der Waals surface area contributed by atoms with E-state index in [1.54, 1.807) is 4.57 Å². The molecular weight excluding hydrogens is 394 g/mol. The lowest BCUT2D eigenvalue weighted by molar-refractivity contribution is -0.0458. The smallest absolute Gasteiger partial charge is 0.167 e. The Bertz CT molecular complexity index is 956. The molecule has 4 rings (SSSR count). The summed E-state index contributed by atoms with van der Waals surface area (Å²) in [6.45, 7) is 0.187. The monoisotopic (exact) mass is 418 g/mol. The minimum Gasteiger partial charge on any atom is -0.387 e. The summed E-state index contributed by atoms with van der Waals surface area (Å²) < 4.78 is 13.4. The standard InChI is InChI=1S/C19H24N5O4S/c1-29(8-7-12-5-3-2-4-6-12)27-9-13-15(25)16(26)19(28-13)24-11-23-14-17(20)21-10-22-18(14)24/h2-6,10-11,13,15-16,19,25-26H,7-9H2,1H3,(H2,20,21,22)/q+1/t13-,15-,16-,19-,29?/m1/s1. The third-order valence-corrected chi connectivity index (χ3v) is 6.27. The van der Waals surface area contributed by atoms with Gasteiger partial charge in [-0.2, -0.15) is 4.18 Å². The van der Waals surface area contributed by atoms with Crippen molar-refractivity contribution in [3.05, 3.63) is 48.5 Å². The van der Waals surface area contributed by atoms with E-state index in [0.29, 0.717) is 11.2 Å². The van der Waals surface area contributed by atoms with Gasteiger partial charge >= 0.3 is 0 Å². The summed E-state index contributed by atoms with van der Waals surface area (Å²) in [7, 11) is 0. The lowest BCUT2D eigenvalue weighted by Gasteiger charge is -2.16. The Labute approximate surface area is 171 Å². The van der Waals surface area contributed by atoms with Crippen LogP contribution in [0.3, 0.4) is 0 Å². The quantitative estimate of drug-likeness (QED) is 0.472. The van der Waals surface area contributed by atoms with Crippen molar-refractivity contribution in [3.63, 3.8) is 0 Å². The zero-order chi connectivity index (χ0) is 20.4. The normalized spacial score (nSPS) is 25.5. The van der Waals surface area contributed by atoms with Gasteiger partial charge in [-0.25, -0.2) is 15.0 Å². The van der Waals surface area contributed by atoms with Gasteiger partial charge in [-0.3, -0.25) is 4.57 Å². The first kappa shape index (κ1) is 20.0. The van der Waals surface area contributed by atoms with Crippen LogP contribution in [0.2, 0.25) is 0 Å². The van der Waals surface area contributed by atoms with Crippen LogP contribution in [0.25, 0.3) is 11.2 Å². The lowest BCUT2D eigenvalue weighted by atomic mass is 10.1. The largest absolute Gasteiger partial charge is 0.387 e. The Morgan fingerprint density at radius 1 is 1.17 bits per heavy atom. The molecule has 0 spiro atoms. The van der Waals surface area contributed by atoms with Crippen LogP contribution in [0.5, 0.6) is 0 Å². The van der Waals surface area contributed by atoms with E-state index in [1.807, 2.05) is 24.5 Å². The SMILES string of the molecule is C[S+](CCc1ccccc1)OC[C@H]1O[C@@H](n2cnc3c(N)ncnc32)[C@H](O)[C@@H]1O. The number of nitrogens with zero attached hydrogens (tertiary/aromatic N) is 4. The molecule has 3 aromatic rings. The van der Waals surface area contributed by atoms with Gasteiger partial charge in [0.25, 0.3) is 0 Å². The molecule has 0 saturated carbocycles. The average molecular weight is 418 g/mol. The summed E-state index contributed by atoms with van der Waals surface area (Å²) in [5, 5.41) is 20.9. The molecule has 9 nitrogen and oxygen atoms in total. The molecule has 0 aliphatic carbocycles. The second-order valence-corrected chi connectivity index (χ2v) is 8.72. The van der Waals surface area contributed by atoms with Gasteiger partial charge < -0.3 is 20.7 Å². The summed E-state index contributed by atoms with van der Waals surface area (Å²) in [4.78, 5) is 12.3. The van der Waals surface area contributed by atoms with Crippen molar-refractivity contribution in [2.75, 3.05) is 24.3 Å². The Balaban J connectivity index is 1.36. The highest BCUT2D eigenvalue weighted by atomic mass is 32.2. The Morgan fingerprint density at radius 2 is 1.97 bits per heavy atom. The molecule has 1 aromatic carbocycles. The number of ether oxygens (including phenoxy) is 1. The number of aromatic nitrogens is 4. The molecule has 1 unspecified atom stereocenters. The molecule has 0 bridgehead atoms. The van der Waals surface area contributed by atoms with Gasteiger partial charge in [0.05, 0.1) is 6.33 Å². The number of aryl methyl sites for hydroxylation is 1. The highest BCUT2D eigenvalue weighted by Gasteiger charge is 2.45. The highest BCUT2D eigenvalue weighted by molar-refractivity contribution is 7.91. The van der Waals surface area contributed by atoms with Gasteiger partial charge in [0.15, 0.2) is 17.7 Å². The van der Waals surface area contributed by atoms with Gasteiger partial charge in [-0.15, -0.1) is 0 Å². The Hall–Kier alpha value is -2.24. The maximum Gasteiger partial charge on any atom is 0.167 e. The average Bonchev–Trinajstić information content (AvgIpc) is 3.28. The predicted octanol–water partition coefficient (Wildman–Crippen LogP) is 0.450. The van der Waals surface area contributed by atoms with Crippen molar-refractivity contribution in [2.45, 2.75) is 31.0 Å². The zero-order valence-corrected chi connectivity index (χ0v) is 16.8. The van der Waals surface area contributed by atoms with Gasteiger partial charge in [0.1, 0.15) is 59.9 Å². The van der Waals surface area contributed by atoms with Crippen LogP contribution < -0.4 is 5.73 Å². The topological polar surface area (TPSA) is 129 Å². The molecule has 1 aliphatic rings. The fraction of sp³-hybridized carbons (Fsp3) is 0.421. The Kier molecular flexibility index (Phi) is 5.97. The van der Waals surface area contributed by atoms with Gasteiger partial charge in [-0.05, 0) is 5.56 Å². The first-order valence-electron chi connectivity index (χ1n) is 9.29. The minimum absolute atomic E-state index is 0.187. The Morgan fingerprint density at radius 3 is 2.76 bits per heavy atom. The third-order valence-electron chi connectivity index (χ3n) is 4.95. The number of benzene rings is 1. The molecule has 0 amide bonds. The van der Waals surface area contributed by atoms with Crippen molar-refractivity contribution in [2.24, 2.45) is 0 Å². The highest BCUT2D eigenvalue weighted by Crippen LogP contribution is 2.32. The van der Waals surface area contributed by atoms with E-state index in [4.69, 9.17) is 14.7 Å². The fourth-order valence-electron chi connectivity index (χ4n) is 3.30. The van der Waals surface area contributed by atoms with Crippen LogP contribution >= 0.6 is 0 Å². The summed E-state index contributed by atoms with van der Waals surface area (Å²) >= 11 is -0.295. The zero-order valence-electron chi connectivity index (χ0n) is 16.0. The number of nitrogen functional groups attached to an aromatic ring is 1. The van der Waals surface area contributed by atoms with Gasteiger partial charge in [0.2, 0.25) is 0 Å². The number of anilines is 1. The summed E-state index contributed by atoms with van der Waals surface area (Å²) in [6, 6.07) is 10.2. The van der Waals surface area contributed by atoms with Crippen molar-refractivity contribution in [1.82, 2.24) is 19.5 Å². The van der Waals surface area contributed by atoms with Gasteiger partial charge in [0, 0.05) is 6.42 Å².